The van der Waals surface area contributed by atoms with Gasteiger partial charge in [-0.05, 0) is 92.0 Å². The standard InChI is InChI=1S/C35H33FN6O/c36-28-11-5-24(6-12-28)21-32-35(43)40-29-22-31-33(23-30(29)38-32)42(20-4-19-41-17-2-1-3-18-41)34(39-31)27-9-7-25(8-10-27)26-13-15-37-16-14-26/h5-16,22-23H,1-4,17-21H2,(H,40,43). The van der Waals surface area contributed by atoms with E-state index in [1.807, 2.05) is 24.3 Å². The third-order valence-corrected chi connectivity index (χ3v) is 8.38. The molecule has 1 fully saturated rings. The fraction of sp³-hybridized carbons (Fsp3) is 0.257. The van der Waals surface area contributed by atoms with Gasteiger partial charge in [-0.25, -0.2) is 14.4 Å². The van der Waals surface area contributed by atoms with Crippen LogP contribution in [-0.4, -0.2) is 49.0 Å². The van der Waals surface area contributed by atoms with Crippen molar-refractivity contribution in [3.05, 3.63) is 113 Å². The molecule has 1 aliphatic heterocycles. The first-order valence-corrected chi connectivity index (χ1v) is 15.0. The maximum Gasteiger partial charge on any atom is 0.270 e. The Hall–Kier alpha value is -4.69. The number of benzene rings is 3. The van der Waals surface area contributed by atoms with Crippen molar-refractivity contribution in [3.8, 4) is 22.5 Å². The zero-order valence-electron chi connectivity index (χ0n) is 24.0. The summed E-state index contributed by atoms with van der Waals surface area (Å²) in [5, 5.41) is 0. The molecule has 0 spiro atoms. The van der Waals surface area contributed by atoms with Crippen LogP contribution in [0.5, 0.6) is 0 Å². The van der Waals surface area contributed by atoms with Crippen LogP contribution in [-0.2, 0) is 13.0 Å². The quantitative estimate of drug-likeness (QED) is 0.222. The highest BCUT2D eigenvalue weighted by Gasteiger charge is 2.17. The lowest BCUT2D eigenvalue weighted by Crippen LogP contribution is -2.31. The fourth-order valence-electron chi connectivity index (χ4n) is 6.10. The third kappa shape index (κ3) is 5.83. The first-order valence-electron chi connectivity index (χ1n) is 15.0. The number of halogens is 1. The first-order chi connectivity index (χ1) is 21.1. The SMILES string of the molecule is O=c1[nH]c2cc3nc(-c4ccc(-c5ccncc5)cc4)n(CCCN4CCCCC4)c3cc2nc1Cc1ccc(F)cc1. The third-order valence-electron chi connectivity index (χ3n) is 8.38. The number of nitrogens with one attached hydrogen (secondary N) is 1. The van der Waals surface area contributed by atoms with Crippen LogP contribution < -0.4 is 5.56 Å². The summed E-state index contributed by atoms with van der Waals surface area (Å²) in [5.41, 5.74) is 7.45. The molecule has 0 atom stereocenters. The Morgan fingerprint density at radius 1 is 0.767 bits per heavy atom. The molecule has 0 bridgehead atoms. The van der Waals surface area contributed by atoms with Gasteiger partial charge in [0.15, 0.2) is 0 Å². The predicted octanol–water partition coefficient (Wildman–Crippen LogP) is 6.61. The number of piperidine rings is 1. The second-order valence-corrected chi connectivity index (χ2v) is 11.3. The highest BCUT2D eigenvalue weighted by atomic mass is 19.1. The number of nitrogens with zero attached hydrogens (tertiary/aromatic N) is 5. The molecule has 7 nitrogen and oxygen atoms in total. The smallest absolute Gasteiger partial charge is 0.270 e. The topological polar surface area (TPSA) is 79.7 Å². The molecule has 0 amide bonds. The van der Waals surface area contributed by atoms with Crippen molar-refractivity contribution in [1.82, 2.24) is 29.4 Å². The lowest BCUT2D eigenvalue weighted by Gasteiger charge is -2.26. The molecule has 0 saturated carbocycles. The van der Waals surface area contributed by atoms with E-state index in [9.17, 15) is 9.18 Å². The van der Waals surface area contributed by atoms with Crippen LogP contribution in [0.2, 0.25) is 0 Å². The van der Waals surface area contributed by atoms with E-state index in [-0.39, 0.29) is 11.4 Å². The summed E-state index contributed by atoms with van der Waals surface area (Å²) >= 11 is 0. The Labute approximate surface area is 249 Å². The lowest BCUT2D eigenvalue weighted by molar-refractivity contribution is 0.223. The summed E-state index contributed by atoms with van der Waals surface area (Å²) in [6.45, 7) is 4.23. The maximum absolute atomic E-state index is 13.4. The molecular weight excluding hydrogens is 539 g/mol. The number of H-pyrrole nitrogens is 1. The van der Waals surface area contributed by atoms with Gasteiger partial charge >= 0.3 is 0 Å². The van der Waals surface area contributed by atoms with Gasteiger partial charge in [0.1, 0.15) is 17.3 Å². The first kappa shape index (κ1) is 27.2. The van der Waals surface area contributed by atoms with E-state index in [0.717, 1.165) is 58.6 Å². The highest BCUT2D eigenvalue weighted by Crippen LogP contribution is 2.30. The Balaban J connectivity index is 1.27. The molecule has 1 saturated heterocycles. The Morgan fingerprint density at radius 3 is 2.26 bits per heavy atom. The van der Waals surface area contributed by atoms with Crippen molar-refractivity contribution in [3.63, 3.8) is 0 Å². The lowest BCUT2D eigenvalue weighted by atomic mass is 10.0. The minimum atomic E-state index is -0.303. The van der Waals surface area contributed by atoms with Gasteiger partial charge in [-0.1, -0.05) is 42.8 Å². The minimum absolute atomic E-state index is 0.246. The molecule has 0 aliphatic carbocycles. The van der Waals surface area contributed by atoms with Gasteiger partial charge in [-0.15, -0.1) is 0 Å². The van der Waals surface area contributed by atoms with Crippen molar-refractivity contribution in [1.29, 1.82) is 0 Å². The second-order valence-electron chi connectivity index (χ2n) is 11.3. The zero-order chi connectivity index (χ0) is 29.2. The largest absolute Gasteiger partial charge is 0.324 e. The molecule has 4 heterocycles. The van der Waals surface area contributed by atoms with E-state index < -0.39 is 0 Å². The van der Waals surface area contributed by atoms with E-state index in [1.165, 1.54) is 44.5 Å². The molecule has 43 heavy (non-hydrogen) atoms. The van der Waals surface area contributed by atoms with Crippen molar-refractivity contribution < 1.29 is 4.39 Å². The van der Waals surface area contributed by atoms with Crippen LogP contribution in [0.4, 0.5) is 4.39 Å². The van der Waals surface area contributed by atoms with Crippen LogP contribution >= 0.6 is 0 Å². The molecular formula is C35H33FN6O. The van der Waals surface area contributed by atoms with Gasteiger partial charge < -0.3 is 14.5 Å². The van der Waals surface area contributed by atoms with E-state index in [1.54, 1.807) is 24.5 Å². The average molecular weight is 573 g/mol. The van der Waals surface area contributed by atoms with Crippen LogP contribution in [0.25, 0.3) is 44.6 Å². The van der Waals surface area contributed by atoms with Gasteiger partial charge in [0.2, 0.25) is 0 Å². The average Bonchev–Trinajstić information content (AvgIpc) is 3.39. The van der Waals surface area contributed by atoms with E-state index in [0.29, 0.717) is 23.1 Å². The van der Waals surface area contributed by atoms with Crippen LogP contribution in [0.15, 0.2) is 90.0 Å². The van der Waals surface area contributed by atoms with Crippen molar-refractivity contribution >= 4 is 22.1 Å². The number of aromatic amines is 1. The van der Waals surface area contributed by atoms with Crippen LogP contribution in [0.3, 0.4) is 0 Å². The Kier molecular flexibility index (Phi) is 7.51. The number of rotatable bonds is 8. The Morgan fingerprint density at radius 2 is 1.49 bits per heavy atom. The van der Waals surface area contributed by atoms with Gasteiger partial charge in [0.25, 0.3) is 5.56 Å². The monoisotopic (exact) mass is 572 g/mol. The summed E-state index contributed by atoms with van der Waals surface area (Å²) in [6.07, 6.45) is 8.83. The van der Waals surface area contributed by atoms with E-state index in [4.69, 9.17) is 9.97 Å². The number of imidazole rings is 1. The predicted molar refractivity (Wildman–Crippen MR) is 168 cm³/mol. The molecule has 8 heteroatoms. The van der Waals surface area contributed by atoms with Crippen LogP contribution in [0.1, 0.15) is 36.9 Å². The number of aryl methyl sites for hydroxylation is 1. The maximum atomic E-state index is 13.4. The van der Waals surface area contributed by atoms with Gasteiger partial charge in [0, 0.05) is 30.9 Å². The number of aromatic nitrogens is 5. The number of fused-ring (bicyclic) bond motifs is 2. The highest BCUT2D eigenvalue weighted by molar-refractivity contribution is 5.93. The summed E-state index contributed by atoms with van der Waals surface area (Å²) < 4.78 is 15.7. The van der Waals surface area contributed by atoms with Crippen molar-refractivity contribution in [2.75, 3.05) is 19.6 Å². The van der Waals surface area contributed by atoms with Crippen LogP contribution in [0, 0.1) is 5.82 Å². The van der Waals surface area contributed by atoms with Gasteiger partial charge in [-0.2, -0.15) is 0 Å². The summed E-state index contributed by atoms with van der Waals surface area (Å²) in [6, 6.07) is 22.7. The van der Waals surface area contributed by atoms with E-state index >= 15 is 0 Å². The van der Waals surface area contributed by atoms with Crippen molar-refractivity contribution in [2.45, 2.75) is 38.6 Å². The zero-order valence-corrected chi connectivity index (χ0v) is 24.0. The normalized spacial score (nSPS) is 14.1. The number of hydrogen-bond acceptors (Lipinski definition) is 5. The van der Waals surface area contributed by atoms with Gasteiger partial charge in [0.05, 0.1) is 22.1 Å². The molecule has 3 aromatic carbocycles. The summed E-state index contributed by atoms with van der Waals surface area (Å²) in [5.74, 6) is 0.599. The molecule has 7 rings (SSSR count). The molecule has 0 unspecified atom stereocenters. The minimum Gasteiger partial charge on any atom is -0.324 e. The molecule has 216 valence electrons. The van der Waals surface area contributed by atoms with Gasteiger partial charge in [-0.3, -0.25) is 9.78 Å². The van der Waals surface area contributed by atoms with Crippen molar-refractivity contribution in [2.24, 2.45) is 0 Å². The fourth-order valence-corrected chi connectivity index (χ4v) is 6.10. The molecule has 6 aromatic rings. The second kappa shape index (κ2) is 11.9. The number of likely N-dealkylation sites (tertiary alicyclic amines) is 1. The molecule has 3 aromatic heterocycles. The molecule has 1 N–H and O–H groups in total. The molecule has 0 radical (unpaired) electrons. The Bertz CT molecular complexity index is 1920. The summed E-state index contributed by atoms with van der Waals surface area (Å²) in [4.78, 5) is 32.5. The van der Waals surface area contributed by atoms with E-state index in [2.05, 4.69) is 43.7 Å². The summed E-state index contributed by atoms with van der Waals surface area (Å²) in [7, 11) is 0. The molecule has 1 aliphatic rings. The number of pyridine rings is 1. The number of hydrogen-bond donors (Lipinski definition) is 1.